The van der Waals surface area contributed by atoms with Crippen LogP contribution in [0.25, 0.3) is 11.1 Å². The molecule has 1 heterocycles. The van der Waals surface area contributed by atoms with Gasteiger partial charge in [0.25, 0.3) is 6.01 Å². The second-order valence-electron chi connectivity index (χ2n) is 4.16. The van der Waals surface area contributed by atoms with E-state index in [1.54, 1.807) is 12.1 Å². The Labute approximate surface area is 126 Å². The third kappa shape index (κ3) is 3.88. The maximum atomic E-state index is 11.9. The van der Waals surface area contributed by atoms with E-state index in [0.29, 0.717) is 11.1 Å². The minimum absolute atomic E-state index is 0.200. The number of hydrogen-bond acceptors (Lipinski definition) is 7. The predicted octanol–water partition coefficient (Wildman–Crippen LogP) is 0.827. The average molecular weight is 309 g/mol. The van der Waals surface area contributed by atoms with Crippen LogP contribution in [0.5, 0.6) is 0 Å². The third-order valence-corrected chi connectivity index (χ3v) is 3.09. The number of aromatic nitrogens is 1. The molecule has 7 nitrogen and oxygen atoms in total. The number of esters is 1. The van der Waals surface area contributed by atoms with E-state index in [9.17, 15) is 9.59 Å². The summed E-state index contributed by atoms with van der Waals surface area (Å²) in [6.07, 6.45) is 0. The van der Waals surface area contributed by atoms with Crippen molar-refractivity contribution in [3.63, 3.8) is 0 Å². The van der Waals surface area contributed by atoms with Crippen molar-refractivity contribution in [1.29, 1.82) is 0 Å². The molecule has 1 aromatic heterocycles. The molecular formula is C13H15N3O4S. The number of thiol groups is 1. The largest absolute Gasteiger partial charge is 0.468 e. The van der Waals surface area contributed by atoms with Crippen molar-refractivity contribution in [3.8, 4) is 0 Å². The topological polar surface area (TPSA) is 93.5 Å². The number of anilines is 1. The molecule has 0 saturated heterocycles. The summed E-state index contributed by atoms with van der Waals surface area (Å²) in [5.41, 5.74) is 1.31. The molecule has 8 heteroatoms. The van der Waals surface area contributed by atoms with E-state index >= 15 is 0 Å². The summed E-state index contributed by atoms with van der Waals surface area (Å²) in [5, 5.41) is 5.29. The molecule has 1 amide bonds. The highest BCUT2D eigenvalue weighted by Crippen LogP contribution is 2.18. The normalized spacial score (nSPS) is 11.9. The molecule has 0 radical (unpaired) electrons. The zero-order valence-electron chi connectivity index (χ0n) is 11.3. The van der Waals surface area contributed by atoms with Crippen LogP contribution in [0.3, 0.4) is 0 Å². The number of amides is 1. The lowest BCUT2D eigenvalue weighted by atomic mass is 10.3. The Bertz CT molecular complexity index is 610. The molecule has 0 unspecified atom stereocenters. The molecule has 0 aliphatic heterocycles. The zero-order valence-corrected chi connectivity index (χ0v) is 12.2. The van der Waals surface area contributed by atoms with Crippen LogP contribution >= 0.6 is 12.6 Å². The fourth-order valence-corrected chi connectivity index (χ4v) is 1.89. The second kappa shape index (κ2) is 6.98. The van der Waals surface area contributed by atoms with E-state index in [2.05, 4.69) is 33.0 Å². The molecule has 112 valence electrons. The van der Waals surface area contributed by atoms with Crippen LogP contribution in [-0.4, -0.2) is 42.3 Å². The molecule has 0 aliphatic rings. The minimum atomic E-state index is -0.675. The maximum Gasteiger partial charge on any atom is 0.325 e. The number of rotatable bonds is 6. The Morgan fingerprint density at radius 3 is 2.86 bits per heavy atom. The molecule has 2 aromatic rings. The molecule has 0 aliphatic carbocycles. The summed E-state index contributed by atoms with van der Waals surface area (Å²) < 4.78 is 9.92. The summed E-state index contributed by atoms with van der Waals surface area (Å²) in [6.45, 7) is -0.200. The molecular weight excluding hydrogens is 294 g/mol. The van der Waals surface area contributed by atoms with Crippen LogP contribution in [0, 0.1) is 0 Å². The van der Waals surface area contributed by atoms with E-state index in [1.165, 1.54) is 7.11 Å². The van der Waals surface area contributed by atoms with Crippen LogP contribution < -0.4 is 10.6 Å². The number of ether oxygens (including phenoxy) is 1. The summed E-state index contributed by atoms with van der Waals surface area (Å²) in [4.78, 5) is 27.1. The number of methoxy groups -OCH3 is 1. The Hall–Kier alpha value is -2.22. The van der Waals surface area contributed by atoms with Gasteiger partial charge in [-0.2, -0.15) is 17.6 Å². The number of hydrogen-bond donors (Lipinski definition) is 3. The number of carbonyl (C=O) groups excluding carboxylic acids is 2. The van der Waals surface area contributed by atoms with Crippen molar-refractivity contribution in [2.24, 2.45) is 0 Å². The van der Waals surface area contributed by atoms with Crippen LogP contribution in [0.2, 0.25) is 0 Å². The van der Waals surface area contributed by atoms with Gasteiger partial charge in [-0.3, -0.25) is 9.59 Å². The molecule has 1 atom stereocenters. The summed E-state index contributed by atoms with van der Waals surface area (Å²) in [5.74, 6) is -0.702. The van der Waals surface area contributed by atoms with Gasteiger partial charge in [0.05, 0.1) is 7.11 Å². The number of carbonyl (C=O) groups is 2. The smallest absolute Gasteiger partial charge is 0.325 e. The lowest BCUT2D eigenvalue weighted by molar-refractivity contribution is -0.141. The fourth-order valence-electron chi connectivity index (χ4n) is 1.63. The highest BCUT2D eigenvalue weighted by atomic mass is 32.1. The number of para-hydroxylation sites is 2. The van der Waals surface area contributed by atoms with Crippen molar-refractivity contribution >= 4 is 41.6 Å². The standard InChI is InChI=1S/C13H15N3O4S/c1-19-11(17)6-14-12(18)9(7-21)16-13-15-8-4-2-3-5-10(8)20-13/h2-5,9,21H,6-7H2,1H3,(H,14,18)(H,15,16)/t9-/m1/s1. The Kier molecular flexibility index (Phi) is 5.04. The molecule has 0 bridgehead atoms. The molecule has 0 spiro atoms. The summed E-state index contributed by atoms with van der Waals surface area (Å²) in [6, 6.07) is 6.80. The second-order valence-corrected chi connectivity index (χ2v) is 4.53. The summed E-state index contributed by atoms with van der Waals surface area (Å²) in [7, 11) is 1.25. The third-order valence-electron chi connectivity index (χ3n) is 2.73. The number of benzene rings is 1. The van der Waals surface area contributed by atoms with E-state index in [0.717, 1.165) is 0 Å². The van der Waals surface area contributed by atoms with E-state index in [1.807, 2.05) is 12.1 Å². The molecule has 0 saturated carbocycles. The maximum absolute atomic E-state index is 11.9. The highest BCUT2D eigenvalue weighted by molar-refractivity contribution is 7.80. The molecule has 2 N–H and O–H groups in total. The number of nitrogens with zero attached hydrogens (tertiary/aromatic N) is 1. The van der Waals surface area contributed by atoms with Crippen LogP contribution in [0.15, 0.2) is 28.7 Å². The SMILES string of the molecule is COC(=O)CNC(=O)[C@@H](CS)Nc1nc2ccccc2o1. The van der Waals surface area contributed by atoms with E-state index < -0.39 is 17.9 Å². The van der Waals surface area contributed by atoms with Crippen molar-refractivity contribution in [1.82, 2.24) is 10.3 Å². The Morgan fingerprint density at radius 1 is 1.43 bits per heavy atom. The van der Waals surface area contributed by atoms with Gasteiger partial charge in [0.1, 0.15) is 18.1 Å². The van der Waals surface area contributed by atoms with Crippen LogP contribution in [0.1, 0.15) is 0 Å². The molecule has 21 heavy (non-hydrogen) atoms. The van der Waals surface area contributed by atoms with Gasteiger partial charge in [-0.15, -0.1) is 0 Å². The Balaban J connectivity index is 2.00. The first-order chi connectivity index (χ1) is 10.1. The monoisotopic (exact) mass is 309 g/mol. The molecule has 0 fully saturated rings. The molecule has 2 rings (SSSR count). The molecule has 1 aromatic carbocycles. The van der Waals surface area contributed by atoms with Gasteiger partial charge < -0.3 is 19.8 Å². The lowest BCUT2D eigenvalue weighted by Crippen LogP contribution is -2.43. The highest BCUT2D eigenvalue weighted by Gasteiger charge is 2.19. The van der Waals surface area contributed by atoms with Crippen LogP contribution in [-0.2, 0) is 14.3 Å². The average Bonchev–Trinajstić information content (AvgIpc) is 2.92. The van der Waals surface area contributed by atoms with Gasteiger partial charge in [0.2, 0.25) is 5.91 Å². The van der Waals surface area contributed by atoms with Crippen molar-refractivity contribution < 1.29 is 18.7 Å². The van der Waals surface area contributed by atoms with E-state index in [4.69, 9.17) is 4.42 Å². The number of nitrogens with one attached hydrogen (secondary N) is 2. The van der Waals surface area contributed by atoms with Gasteiger partial charge in [-0.1, -0.05) is 12.1 Å². The first-order valence-electron chi connectivity index (χ1n) is 6.21. The van der Waals surface area contributed by atoms with Crippen molar-refractivity contribution in [3.05, 3.63) is 24.3 Å². The van der Waals surface area contributed by atoms with Gasteiger partial charge in [-0.05, 0) is 12.1 Å². The van der Waals surface area contributed by atoms with Gasteiger partial charge in [0.15, 0.2) is 5.58 Å². The van der Waals surface area contributed by atoms with Crippen LogP contribution in [0.4, 0.5) is 6.01 Å². The number of fused-ring (bicyclic) bond motifs is 1. The quantitative estimate of drug-likeness (QED) is 0.540. The van der Waals surface area contributed by atoms with E-state index in [-0.39, 0.29) is 18.3 Å². The van der Waals surface area contributed by atoms with Crippen molar-refractivity contribution in [2.75, 3.05) is 24.7 Å². The first-order valence-corrected chi connectivity index (χ1v) is 6.84. The van der Waals surface area contributed by atoms with Gasteiger partial charge in [-0.25, -0.2) is 0 Å². The fraction of sp³-hybridized carbons (Fsp3) is 0.308. The predicted molar refractivity (Wildman–Crippen MR) is 80.3 cm³/mol. The Morgan fingerprint density at radius 2 is 2.19 bits per heavy atom. The summed E-state index contributed by atoms with van der Waals surface area (Å²) >= 11 is 4.11. The first kappa shape index (κ1) is 15.2. The van der Waals surface area contributed by atoms with Crippen molar-refractivity contribution in [2.45, 2.75) is 6.04 Å². The van der Waals surface area contributed by atoms with Gasteiger partial charge in [0, 0.05) is 5.75 Å². The number of oxazole rings is 1. The van der Waals surface area contributed by atoms with Gasteiger partial charge >= 0.3 is 5.97 Å². The minimum Gasteiger partial charge on any atom is -0.468 e. The zero-order chi connectivity index (χ0) is 15.2. The lowest BCUT2D eigenvalue weighted by Gasteiger charge is -2.14.